The minimum absolute atomic E-state index is 0.0539. The molecule has 1 aliphatic heterocycles. The molecule has 0 atom stereocenters. The zero-order chi connectivity index (χ0) is 21.0. The molecule has 0 unspecified atom stereocenters. The van der Waals surface area contributed by atoms with E-state index in [-0.39, 0.29) is 23.6 Å². The fourth-order valence-corrected chi connectivity index (χ4v) is 4.15. The number of amides is 2. The summed E-state index contributed by atoms with van der Waals surface area (Å²) in [6.45, 7) is 1.40. The van der Waals surface area contributed by atoms with E-state index in [0.717, 1.165) is 24.8 Å². The maximum absolute atomic E-state index is 12.4. The van der Waals surface area contributed by atoms with Gasteiger partial charge in [-0.1, -0.05) is 29.3 Å². The van der Waals surface area contributed by atoms with Crippen LogP contribution in [0.5, 0.6) is 5.75 Å². The molecule has 1 N–H and O–H groups in total. The Balaban J connectivity index is 1.48. The number of piperidine rings is 1. The van der Waals surface area contributed by atoms with Crippen molar-refractivity contribution in [3.8, 4) is 5.75 Å². The van der Waals surface area contributed by atoms with Gasteiger partial charge in [-0.2, -0.15) is 0 Å². The highest BCUT2D eigenvalue weighted by molar-refractivity contribution is 7.90. The Bertz CT molecular complexity index is 972. The second-order valence-electron chi connectivity index (χ2n) is 6.94. The van der Waals surface area contributed by atoms with Crippen molar-refractivity contribution >= 4 is 39.1 Å². The molecule has 0 aromatic heterocycles. The third kappa shape index (κ3) is 6.01. The van der Waals surface area contributed by atoms with Crippen molar-refractivity contribution in [2.24, 2.45) is 0 Å². The first-order valence-electron chi connectivity index (χ1n) is 9.16. The van der Waals surface area contributed by atoms with Crippen molar-refractivity contribution in [1.29, 1.82) is 0 Å². The summed E-state index contributed by atoms with van der Waals surface area (Å²) in [5.74, 6) is 0.768. The monoisotopic (exact) mass is 456 g/mol. The van der Waals surface area contributed by atoms with Gasteiger partial charge < -0.3 is 15.0 Å². The SMILES string of the molecule is CS(=O)(=O)c1ccc(CNC(=O)N2CCC(Oc3ccc(Cl)cc3)CC2)c(Cl)c1. The van der Waals surface area contributed by atoms with Crippen LogP contribution in [-0.2, 0) is 16.4 Å². The van der Waals surface area contributed by atoms with Crippen LogP contribution in [-0.4, -0.2) is 44.8 Å². The van der Waals surface area contributed by atoms with Crippen molar-refractivity contribution in [2.75, 3.05) is 19.3 Å². The van der Waals surface area contributed by atoms with E-state index in [0.29, 0.717) is 28.7 Å². The Labute approximate surface area is 180 Å². The number of hydrogen-bond donors (Lipinski definition) is 1. The van der Waals surface area contributed by atoms with Gasteiger partial charge in [-0.05, 0) is 42.0 Å². The predicted molar refractivity (Wildman–Crippen MR) is 113 cm³/mol. The first-order chi connectivity index (χ1) is 13.7. The van der Waals surface area contributed by atoms with Gasteiger partial charge in [0.15, 0.2) is 9.84 Å². The minimum atomic E-state index is -3.32. The number of nitrogens with zero attached hydrogens (tertiary/aromatic N) is 1. The lowest BCUT2D eigenvalue weighted by Gasteiger charge is -2.32. The van der Waals surface area contributed by atoms with Crippen LogP contribution in [0.2, 0.25) is 10.0 Å². The number of nitrogens with one attached hydrogen (secondary N) is 1. The molecular formula is C20H22Cl2N2O4S. The summed E-state index contributed by atoms with van der Waals surface area (Å²) >= 11 is 12.0. The number of benzene rings is 2. The topological polar surface area (TPSA) is 75.7 Å². The second-order valence-corrected chi connectivity index (χ2v) is 9.80. The molecule has 3 rings (SSSR count). The van der Waals surface area contributed by atoms with Crippen LogP contribution in [0.25, 0.3) is 0 Å². The van der Waals surface area contributed by atoms with Gasteiger partial charge in [-0.15, -0.1) is 0 Å². The first-order valence-corrected chi connectivity index (χ1v) is 11.8. The van der Waals surface area contributed by atoms with Crippen molar-refractivity contribution in [3.63, 3.8) is 0 Å². The molecule has 2 aromatic carbocycles. The van der Waals surface area contributed by atoms with Crippen LogP contribution in [0.3, 0.4) is 0 Å². The van der Waals surface area contributed by atoms with E-state index in [4.69, 9.17) is 27.9 Å². The Morgan fingerprint density at radius 2 is 1.79 bits per heavy atom. The van der Waals surface area contributed by atoms with E-state index in [2.05, 4.69) is 5.32 Å². The molecule has 9 heteroatoms. The Morgan fingerprint density at radius 1 is 1.14 bits per heavy atom. The highest BCUT2D eigenvalue weighted by atomic mass is 35.5. The number of halogens is 2. The summed E-state index contributed by atoms with van der Waals surface area (Å²) in [7, 11) is -3.32. The van der Waals surface area contributed by atoms with Gasteiger partial charge in [0.05, 0.1) is 4.90 Å². The third-order valence-electron chi connectivity index (χ3n) is 4.73. The Kier molecular flexibility index (Phi) is 6.93. The van der Waals surface area contributed by atoms with Crippen LogP contribution in [0, 0.1) is 0 Å². The average Bonchev–Trinajstić information content (AvgIpc) is 2.68. The molecule has 2 amide bonds. The third-order valence-corrected chi connectivity index (χ3v) is 6.44. The lowest BCUT2D eigenvalue weighted by atomic mass is 10.1. The molecular weight excluding hydrogens is 435 g/mol. The van der Waals surface area contributed by atoms with Gasteiger partial charge in [-0.3, -0.25) is 0 Å². The number of ether oxygens (including phenoxy) is 1. The van der Waals surface area contributed by atoms with Crippen LogP contribution in [0.4, 0.5) is 4.79 Å². The molecule has 29 heavy (non-hydrogen) atoms. The summed E-state index contributed by atoms with van der Waals surface area (Å²) < 4.78 is 29.1. The molecule has 1 fully saturated rings. The number of hydrogen-bond acceptors (Lipinski definition) is 4. The van der Waals surface area contributed by atoms with E-state index < -0.39 is 9.84 Å². The van der Waals surface area contributed by atoms with E-state index >= 15 is 0 Å². The summed E-state index contributed by atoms with van der Waals surface area (Å²) in [4.78, 5) is 14.3. The van der Waals surface area contributed by atoms with E-state index in [1.807, 2.05) is 12.1 Å². The van der Waals surface area contributed by atoms with Crippen LogP contribution >= 0.6 is 23.2 Å². The highest BCUT2D eigenvalue weighted by Crippen LogP contribution is 2.22. The highest BCUT2D eigenvalue weighted by Gasteiger charge is 2.24. The Hall–Kier alpha value is -1.96. The van der Waals surface area contributed by atoms with Crippen molar-refractivity contribution < 1.29 is 17.9 Å². The van der Waals surface area contributed by atoms with Crippen molar-refractivity contribution in [2.45, 2.75) is 30.4 Å². The van der Waals surface area contributed by atoms with Gasteiger partial charge in [0.2, 0.25) is 0 Å². The van der Waals surface area contributed by atoms with E-state index in [9.17, 15) is 13.2 Å². The lowest BCUT2D eigenvalue weighted by molar-refractivity contribution is 0.111. The maximum Gasteiger partial charge on any atom is 0.317 e. The van der Waals surface area contributed by atoms with Crippen LogP contribution in [0.1, 0.15) is 18.4 Å². The van der Waals surface area contributed by atoms with Gasteiger partial charge in [0.25, 0.3) is 0 Å². The van der Waals surface area contributed by atoms with Gasteiger partial charge in [-0.25, -0.2) is 13.2 Å². The molecule has 1 saturated heterocycles. The zero-order valence-electron chi connectivity index (χ0n) is 15.9. The number of carbonyl (C=O) groups excluding carboxylic acids is 1. The minimum Gasteiger partial charge on any atom is -0.490 e. The molecule has 0 aliphatic carbocycles. The summed E-state index contributed by atoms with van der Waals surface area (Å²) in [6.07, 6.45) is 2.65. The number of urea groups is 1. The fourth-order valence-electron chi connectivity index (χ4n) is 3.07. The van der Waals surface area contributed by atoms with Crippen molar-refractivity contribution in [3.05, 3.63) is 58.1 Å². The molecule has 6 nitrogen and oxygen atoms in total. The van der Waals surface area contributed by atoms with Crippen LogP contribution in [0.15, 0.2) is 47.4 Å². The molecule has 0 radical (unpaired) electrons. The summed E-state index contributed by atoms with van der Waals surface area (Å²) in [6, 6.07) is 11.6. The van der Waals surface area contributed by atoms with Crippen LogP contribution < -0.4 is 10.1 Å². The molecule has 0 saturated carbocycles. The number of rotatable bonds is 5. The van der Waals surface area contributed by atoms with Gasteiger partial charge >= 0.3 is 6.03 Å². The lowest BCUT2D eigenvalue weighted by Crippen LogP contribution is -2.46. The molecule has 156 valence electrons. The quantitative estimate of drug-likeness (QED) is 0.732. The number of carbonyl (C=O) groups is 1. The van der Waals surface area contributed by atoms with E-state index in [1.54, 1.807) is 23.1 Å². The molecule has 0 spiro atoms. The summed E-state index contributed by atoms with van der Waals surface area (Å²) in [5.41, 5.74) is 0.661. The number of sulfone groups is 1. The molecule has 2 aromatic rings. The number of likely N-dealkylation sites (tertiary alicyclic amines) is 1. The molecule has 1 heterocycles. The van der Waals surface area contributed by atoms with Gasteiger partial charge in [0, 0.05) is 48.8 Å². The first kappa shape index (κ1) is 21.7. The largest absolute Gasteiger partial charge is 0.490 e. The zero-order valence-corrected chi connectivity index (χ0v) is 18.2. The van der Waals surface area contributed by atoms with Crippen molar-refractivity contribution in [1.82, 2.24) is 10.2 Å². The normalized spacial score (nSPS) is 15.2. The second kappa shape index (κ2) is 9.24. The molecule has 0 bridgehead atoms. The van der Waals surface area contributed by atoms with Gasteiger partial charge in [0.1, 0.15) is 11.9 Å². The average molecular weight is 457 g/mol. The van der Waals surface area contributed by atoms with E-state index in [1.165, 1.54) is 12.1 Å². The Morgan fingerprint density at radius 3 is 2.38 bits per heavy atom. The predicted octanol–water partition coefficient (Wildman–Crippen LogP) is 4.15. The smallest absolute Gasteiger partial charge is 0.317 e. The summed E-state index contributed by atoms with van der Waals surface area (Å²) in [5, 5.41) is 3.81. The molecule has 1 aliphatic rings. The maximum atomic E-state index is 12.4. The fraction of sp³-hybridized carbons (Fsp3) is 0.350. The standard InChI is InChI=1S/C20H22Cl2N2O4S/c1-29(26,27)18-7-2-14(19(22)12-18)13-23-20(25)24-10-8-17(9-11-24)28-16-5-3-15(21)4-6-16/h2-7,12,17H,8-11,13H2,1H3,(H,23,25).